The summed E-state index contributed by atoms with van der Waals surface area (Å²) in [7, 11) is 0. The number of aromatic nitrogens is 1. The molecule has 0 aliphatic carbocycles. The Morgan fingerprint density at radius 2 is 2.10 bits per heavy atom. The maximum Gasteiger partial charge on any atom is 0.415 e. The van der Waals surface area contributed by atoms with Gasteiger partial charge in [0.1, 0.15) is 10.8 Å². The Bertz CT molecular complexity index is 496. The first-order valence-electron chi connectivity index (χ1n) is 7.21. The molecule has 5 nitrogen and oxygen atoms in total. The van der Waals surface area contributed by atoms with Crippen molar-refractivity contribution in [2.75, 3.05) is 18.0 Å². The molecule has 0 atom stereocenters. The fraction of sp³-hybridized carbons (Fsp3) is 0.600. The van der Waals surface area contributed by atoms with Gasteiger partial charge in [-0.2, -0.15) is 0 Å². The van der Waals surface area contributed by atoms with Crippen LogP contribution in [0.15, 0.2) is 18.3 Å². The van der Waals surface area contributed by atoms with Crippen molar-refractivity contribution in [1.82, 2.24) is 10.3 Å². The van der Waals surface area contributed by atoms with Gasteiger partial charge in [-0.15, -0.1) is 0 Å². The average Bonchev–Trinajstić information content (AvgIpc) is 2.38. The van der Waals surface area contributed by atoms with Crippen molar-refractivity contribution in [2.45, 2.75) is 45.3 Å². The zero-order valence-electron chi connectivity index (χ0n) is 12.7. The van der Waals surface area contributed by atoms with Gasteiger partial charge < -0.3 is 10.1 Å². The summed E-state index contributed by atoms with van der Waals surface area (Å²) in [4.78, 5) is 18.3. The predicted octanol–water partition coefficient (Wildman–Crippen LogP) is 3.23. The number of ether oxygens (including phenoxy) is 1. The number of rotatable bonds is 2. The largest absolute Gasteiger partial charge is 0.443 e. The summed E-state index contributed by atoms with van der Waals surface area (Å²) in [6, 6.07) is 3.60. The average molecular weight is 312 g/mol. The molecule has 2 heterocycles. The summed E-state index contributed by atoms with van der Waals surface area (Å²) in [5.74, 6) is 0. The standard InChI is InChI=1S/C15H22ClN3O2/c1-15(2,3)21-14(20)19(11-4-7-17-8-5-11)12-6-9-18-13(16)10-12/h6,9-11,17H,4-5,7-8H2,1-3H3. The highest BCUT2D eigenvalue weighted by atomic mass is 35.5. The van der Waals surface area contributed by atoms with Gasteiger partial charge in [-0.1, -0.05) is 11.6 Å². The number of anilines is 1. The van der Waals surface area contributed by atoms with Crippen LogP contribution in [0, 0.1) is 0 Å². The molecule has 0 bridgehead atoms. The highest BCUT2D eigenvalue weighted by molar-refractivity contribution is 6.29. The predicted molar refractivity (Wildman–Crippen MR) is 83.9 cm³/mol. The van der Waals surface area contributed by atoms with Crippen molar-refractivity contribution >= 4 is 23.4 Å². The number of pyridine rings is 1. The molecule has 1 N–H and O–H groups in total. The Balaban J connectivity index is 2.27. The summed E-state index contributed by atoms with van der Waals surface area (Å²) in [6.45, 7) is 7.38. The zero-order valence-corrected chi connectivity index (χ0v) is 13.5. The first kappa shape index (κ1) is 16.0. The van der Waals surface area contributed by atoms with Crippen LogP contribution < -0.4 is 10.2 Å². The summed E-state index contributed by atoms with van der Waals surface area (Å²) in [5.41, 5.74) is 0.204. The van der Waals surface area contributed by atoms with Crippen LogP contribution >= 0.6 is 11.6 Å². The smallest absolute Gasteiger partial charge is 0.415 e. The van der Waals surface area contributed by atoms with Crippen molar-refractivity contribution < 1.29 is 9.53 Å². The lowest BCUT2D eigenvalue weighted by atomic mass is 10.0. The van der Waals surface area contributed by atoms with Crippen LogP contribution in [0.5, 0.6) is 0 Å². The summed E-state index contributed by atoms with van der Waals surface area (Å²) in [6.07, 6.45) is 3.05. The summed E-state index contributed by atoms with van der Waals surface area (Å²) >= 11 is 5.96. The van der Waals surface area contributed by atoms with E-state index in [1.165, 1.54) is 0 Å². The van der Waals surface area contributed by atoms with E-state index in [1.54, 1.807) is 23.2 Å². The molecule has 21 heavy (non-hydrogen) atoms. The van der Waals surface area contributed by atoms with Crippen LogP contribution in [-0.4, -0.2) is 35.8 Å². The van der Waals surface area contributed by atoms with Gasteiger partial charge in [-0.25, -0.2) is 9.78 Å². The molecule has 0 radical (unpaired) electrons. The number of nitrogens with zero attached hydrogens (tertiary/aromatic N) is 2. The highest BCUT2D eigenvalue weighted by Gasteiger charge is 2.30. The number of hydrogen-bond acceptors (Lipinski definition) is 4. The molecule has 1 aromatic rings. The van der Waals surface area contributed by atoms with E-state index in [1.807, 2.05) is 20.8 Å². The fourth-order valence-electron chi connectivity index (χ4n) is 2.38. The zero-order chi connectivity index (χ0) is 15.5. The fourth-order valence-corrected chi connectivity index (χ4v) is 2.55. The number of hydrogen-bond donors (Lipinski definition) is 1. The molecule has 0 unspecified atom stereocenters. The van der Waals surface area contributed by atoms with Gasteiger partial charge in [-0.3, -0.25) is 4.90 Å². The first-order chi connectivity index (χ1) is 9.87. The van der Waals surface area contributed by atoms with Crippen molar-refractivity contribution in [3.8, 4) is 0 Å². The van der Waals surface area contributed by atoms with Crippen molar-refractivity contribution in [3.05, 3.63) is 23.5 Å². The van der Waals surface area contributed by atoms with Crippen LogP contribution in [0.3, 0.4) is 0 Å². The van der Waals surface area contributed by atoms with E-state index in [9.17, 15) is 4.79 Å². The maximum atomic E-state index is 12.6. The van der Waals surface area contributed by atoms with Crippen molar-refractivity contribution in [2.24, 2.45) is 0 Å². The molecule has 1 aromatic heterocycles. The normalized spacial score (nSPS) is 16.6. The number of halogens is 1. The minimum Gasteiger partial charge on any atom is -0.443 e. The molecule has 0 aromatic carbocycles. The Labute approximate surface area is 130 Å². The van der Waals surface area contributed by atoms with Gasteiger partial charge in [0.05, 0.1) is 5.69 Å². The molecule has 1 saturated heterocycles. The second-order valence-electron chi connectivity index (χ2n) is 6.17. The van der Waals surface area contributed by atoms with Crippen molar-refractivity contribution in [3.63, 3.8) is 0 Å². The molecule has 1 amide bonds. The van der Waals surface area contributed by atoms with Crippen LogP contribution in [0.2, 0.25) is 5.15 Å². The minimum absolute atomic E-state index is 0.111. The van der Waals surface area contributed by atoms with E-state index >= 15 is 0 Å². The van der Waals surface area contributed by atoms with Crippen molar-refractivity contribution in [1.29, 1.82) is 0 Å². The van der Waals surface area contributed by atoms with Crippen LogP contribution in [0.4, 0.5) is 10.5 Å². The maximum absolute atomic E-state index is 12.6. The van der Waals surface area contributed by atoms with Gasteiger partial charge in [-0.05, 0) is 58.8 Å². The third-order valence-electron chi connectivity index (χ3n) is 3.25. The highest BCUT2D eigenvalue weighted by Crippen LogP contribution is 2.26. The monoisotopic (exact) mass is 311 g/mol. The molecule has 116 valence electrons. The van der Waals surface area contributed by atoms with Crippen LogP contribution in [0.25, 0.3) is 0 Å². The van der Waals surface area contributed by atoms with Gasteiger partial charge in [0.15, 0.2) is 0 Å². The number of carbonyl (C=O) groups excluding carboxylic acids is 1. The first-order valence-corrected chi connectivity index (χ1v) is 7.59. The SMILES string of the molecule is CC(C)(C)OC(=O)N(c1ccnc(Cl)c1)C1CCNCC1. The third kappa shape index (κ3) is 4.58. The summed E-state index contributed by atoms with van der Waals surface area (Å²) < 4.78 is 5.55. The third-order valence-corrected chi connectivity index (χ3v) is 3.46. The van der Waals surface area contributed by atoms with Gasteiger partial charge in [0.25, 0.3) is 0 Å². The second-order valence-corrected chi connectivity index (χ2v) is 6.56. The van der Waals surface area contributed by atoms with Gasteiger partial charge in [0, 0.05) is 12.2 Å². The Morgan fingerprint density at radius 3 is 2.67 bits per heavy atom. The lowest BCUT2D eigenvalue weighted by Gasteiger charge is -2.35. The molecule has 1 aliphatic rings. The number of piperidine rings is 1. The van der Waals surface area contributed by atoms with Gasteiger partial charge in [0.2, 0.25) is 0 Å². The second kappa shape index (κ2) is 6.62. The molecule has 0 spiro atoms. The number of carbonyl (C=O) groups is 1. The number of nitrogens with one attached hydrogen (secondary N) is 1. The lowest BCUT2D eigenvalue weighted by Crippen LogP contribution is -2.48. The van der Waals surface area contributed by atoms with E-state index in [0.717, 1.165) is 31.6 Å². The molecule has 1 fully saturated rings. The van der Waals surface area contributed by atoms with E-state index in [2.05, 4.69) is 10.3 Å². The van der Waals surface area contributed by atoms with Crippen LogP contribution in [0.1, 0.15) is 33.6 Å². The Morgan fingerprint density at radius 1 is 1.43 bits per heavy atom. The van der Waals surface area contributed by atoms with E-state index < -0.39 is 5.60 Å². The Kier molecular flexibility index (Phi) is 5.06. The molecular weight excluding hydrogens is 290 g/mol. The number of amides is 1. The quantitative estimate of drug-likeness (QED) is 0.852. The molecular formula is C15H22ClN3O2. The molecule has 0 saturated carbocycles. The van der Waals surface area contributed by atoms with Gasteiger partial charge >= 0.3 is 6.09 Å². The van der Waals surface area contributed by atoms with E-state index in [4.69, 9.17) is 16.3 Å². The lowest BCUT2D eigenvalue weighted by molar-refractivity contribution is 0.0559. The van der Waals surface area contributed by atoms with Crippen LogP contribution in [-0.2, 0) is 4.74 Å². The molecule has 2 rings (SSSR count). The molecule has 1 aliphatic heterocycles. The summed E-state index contributed by atoms with van der Waals surface area (Å²) in [5, 5.41) is 3.67. The van der Waals surface area contributed by atoms with E-state index in [-0.39, 0.29) is 12.1 Å². The molecule has 6 heteroatoms. The topological polar surface area (TPSA) is 54.5 Å². The minimum atomic E-state index is -0.529. The Hall–Kier alpha value is -1.33. The van der Waals surface area contributed by atoms with E-state index in [0.29, 0.717) is 5.15 Å².